The number of rotatable bonds is 7. The van der Waals surface area contributed by atoms with Crippen molar-refractivity contribution in [3.05, 3.63) is 12.7 Å². The van der Waals surface area contributed by atoms with Gasteiger partial charge in [-0.2, -0.15) is 0 Å². The summed E-state index contributed by atoms with van der Waals surface area (Å²) in [6.45, 7) is 3.09. The molecule has 0 rings (SSSR count). The average Bonchev–Trinajstić information content (AvgIpc) is 2.22. The van der Waals surface area contributed by atoms with Crippen LogP contribution >= 0.6 is 0 Å². The van der Waals surface area contributed by atoms with Crippen LogP contribution in [0.1, 0.15) is 0 Å². The summed E-state index contributed by atoms with van der Waals surface area (Å²) in [6.07, 6.45) is 2.48. The van der Waals surface area contributed by atoms with E-state index in [2.05, 4.69) is 6.58 Å². The van der Waals surface area contributed by atoms with Crippen molar-refractivity contribution in [1.29, 1.82) is 0 Å². The first-order chi connectivity index (χ1) is 8.17. The van der Waals surface area contributed by atoms with Crippen molar-refractivity contribution < 1.29 is 23.1 Å². The zero-order valence-electron chi connectivity index (χ0n) is 10.5. The number of carboxylic acids is 1. The summed E-state index contributed by atoms with van der Waals surface area (Å²) >= 11 is 0. The van der Waals surface area contributed by atoms with Crippen LogP contribution in [0.15, 0.2) is 12.7 Å². The molecule has 0 bridgehead atoms. The highest BCUT2D eigenvalue weighted by atomic mass is 32.2. The molecule has 0 saturated carbocycles. The van der Waals surface area contributed by atoms with Gasteiger partial charge in [-0.05, 0) is 0 Å². The van der Waals surface area contributed by atoms with E-state index in [4.69, 9.17) is 5.11 Å². The van der Waals surface area contributed by atoms with Gasteiger partial charge in [-0.1, -0.05) is 6.08 Å². The Hall–Kier alpha value is -1.57. The van der Waals surface area contributed by atoms with E-state index >= 15 is 0 Å². The van der Waals surface area contributed by atoms with Gasteiger partial charge in [0.25, 0.3) is 0 Å². The molecule has 0 saturated heterocycles. The zero-order valence-corrected chi connectivity index (χ0v) is 11.3. The van der Waals surface area contributed by atoms with Crippen LogP contribution < -0.4 is 0 Å². The lowest BCUT2D eigenvalue weighted by molar-refractivity contribution is -0.137. The number of urea groups is 1. The van der Waals surface area contributed by atoms with Crippen LogP contribution in [-0.4, -0.2) is 74.0 Å². The van der Waals surface area contributed by atoms with Crippen LogP contribution in [0.4, 0.5) is 4.79 Å². The van der Waals surface area contributed by atoms with Gasteiger partial charge >= 0.3 is 12.0 Å². The minimum absolute atomic E-state index is 0.0188. The van der Waals surface area contributed by atoms with Crippen molar-refractivity contribution in [3.63, 3.8) is 0 Å². The summed E-state index contributed by atoms with van der Waals surface area (Å²) in [5, 5.41) is 8.66. The summed E-state index contributed by atoms with van der Waals surface area (Å²) in [5.41, 5.74) is 0. The van der Waals surface area contributed by atoms with Gasteiger partial charge in [-0.25, -0.2) is 13.2 Å². The molecule has 18 heavy (non-hydrogen) atoms. The van der Waals surface area contributed by atoms with E-state index in [9.17, 15) is 18.0 Å². The number of amides is 2. The SMILES string of the molecule is C=CCN(CC(=O)O)C(=O)N(C)CCS(C)(=O)=O. The topological polar surface area (TPSA) is 95.0 Å². The largest absolute Gasteiger partial charge is 0.480 e. The maximum Gasteiger partial charge on any atom is 0.323 e. The number of carbonyl (C=O) groups excluding carboxylic acids is 1. The summed E-state index contributed by atoms with van der Waals surface area (Å²) in [4.78, 5) is 24.7. The highest BCUT2D eigenvalue weighted by Gasteiger charge is 2.20. The van der Waals surface area contributed by atoms with Crippen molar-refractivity contribution in [2.75, 3.05) is 38.7 Å². The molecule has 0 aromatic rings. The average molecular weight is 278 g/mol. The van der Waals surface area contributed by atoms with Crippen LogP contribution in [-0.2, 0) is 14.6 Å². The van der Waals surface area contributed by atoms with Gasteiger partial charge in [-0.15, -0.1) is 6.58 Å². The highest BCUT2D eigenvalue weighted by Crippen LogP contribution is 1.98. The maximum atomic E-state index is 11.8. The first-order valence-corrected chi connectivity index (χ1v) is 7.24. The van der Waals surface area contributed by atoms with Crippen molar-refractivity contribution in [2.24, 2.45) is 0 Å². The van der Waals surface area contributed by atoms with Crippen molar-refractivity contribution in [1.82, 2.24) is 9.80 Å². The molecule has 0 aliphatic rings. The number of nitrogens with zero attached hydrogens (tertiary/aromatic N) is 2. The van der Waals surface area contributed by atoms with Crippen molar-refractivity contribution >= 4 is 21.8 Å². The summed E-state index contributed by atoms with van der Waals surface area (Å²) in [7, 11) is -1.74. The van der Waals surface area contributed by atoms with E-state index < -0.39 is 28.4 Å². The number of sulfone groups is 1. The van der Waals surface area contributed by atoms with Crippen LogP contribution in [0.3, 0.4) is 0 Å². The monoisotopic (exact) mass is 278 g/mol. The third-order valence-corrected chi connectivity index (χ3v) is 2.99. The Bertz CT molecular complexity index is 418. The van der Waals surface area contributed by atoms with Crippen LogP contribution in [0.25, 0.3) is 0 Å². The third-order valence-electron chi connectivity index (χ3n) is 2.07. The fraction of sp³-hybridized carbons (Fsp3) is 0.600. The molecule has 0 aromatic carbocycles. The Morgan fingerprint density at radius 1 is 1.39 bits per heavy atom. The van der Waals surface area contributed by atoms with E-state index in [-0.39, 0.29) is 18.8 Å². The molecule has 0 heterocycles. The van der Waals surface area contributed by atoms with E-state index in [1.165, 1.54) is 18.0 Å². The lowest BCUT2D eigenvalue weighted by Gasteiger charge is -2.25. The second-order valence-corrected chi connectivity index (χ2v) is 6.16. The quantitative estimate of drug-likeness (QED) is 0.643. The number of carboxylic acid groups (broad SMARTS) is 1. The van der Waals surface area contributed by atoms with Gasteiger partial charge in [0.2, 0.25) is 0 Å². The minimum atomic E-state index is -3.16. The molecule has 0 fully saturated rings. The van der Waals surface area contributed by atoms with Gasteiger partial charge in [0, 0.05) is 26.4 Å². The first-order valence-electron chi connectivity index (χ1n) is 5.18. The Kier molecular flexibility index (Phi) is 6.39. The van der Waals surface area contributed by atoms with Gasteiger partial charge in [0.1, 0.15) is 16.4 Å². The Labute approximate surface area is 107 Å². The third kappa shape index (κ3) is 6.89. The molecule has 0 aliphatic heterocycles. The van der Waals surface area contributed by atoms with Gasteiger partial charge in [0.05, 0.1) is 5.75 Å². The molecule has 7 nitrogen and oxygen atoms in total. The van der Waals surface area contributed by atoms with Gasteiger partial charge in [-0.3, -0.25) is 4.79 Å². The maximum absolute atomic E-state index is 11.8. The molecule has 0 radical (unpaired) electrons. The Morgan fingerprint density at radius 2 is 1.94 bits per heavy atom. The number of carbonyl (C=O) groups is 2. The Morgan fingerprint density at radius 3 is 2.33 bits per heavy atom. The molecule has 104 valence electrons. The Balaban J connectivity index is 4.55. The predicted molar refractivity (Wildman–Crippen MR) is 67.1 cm³/mol. The summed E-state index contributed by atoms with van der Waals surface area (Å²) in [6, 6.07) is -0.541. The van der Waals surface area contributed by atoms with Gasteiger partial charge < -0.3 is 14.9 Å². The van der Waals surface area contributed by atoms with Crippen LogP contribution in [0.2, 0.25) is 0 Å². The van der Waals surface area contributed by atoms with E-state index in [0.29, 0.717) is 0 Å². The van der Waals surface area contributed by atoms with Crippen LogP contribution in [0, 0.1) is 0 Å². The molecular formula is C10H18N2O5S. The second-order valence-electron chi connectivity index (χ2n) is 3.90. The molecule has 0 atom stereocenters. The predicted octanol–water partition coefficient (Wildman–Crippen LogP) is -0.345. The van der Waals surface area contributed by atoms with Crippen molar-refractivity contribution in [3.8, 4) is 0 Å². The second kappa shape index (κ2) is 7.00. The standard InChI is InChI=1S/C10H18N2O5S/c1-4-5-12(8-9(13)14)10(15)11(2)6-7-18(3,16)17/h4H,1,5-8H2,2-3H3,(H,13,14). The highest BCUT2D eigenvalue weighted by molar-refractivity contribution is 7.90. The minimum Gasteiger partial charge on any atom is -0.480 e. The fourth-order valence-electron chi connectivity index (χ4n) is 1.17. The smallest absolute Gasteiger partial charge is 0.323 e. The molecule has 8 heteroatoms. The number of hydrogen-bond donors (Lipinski definition) is 1. The van der Waals surface area contributed by atoms with Gasteiger partial charge in [0.15, 0.2) is 0 Å². The van der Waals surface area contributed by atoms with Crippen molar-refractivity contribution in [2.45, 2.75) is 0 Å². The van der Waals surface area contributed by atoms with Crippen LogP contribution in [0.5, 0.6) is 0 Å². The normalized spacial score (nSPS) is 10.8. The molecular weight excluding hydrogens is 260 g/mol. The molecule has 0 aliphatic carbocycles. The van der Waals surface area contributed by atoms with E-state index in [0.717, 1.165) is 11.2 Å². The number of hydrogen-bond acceptors (Lipinski definition) is 4. The summed E-state index contributed by atoms with van der Waals surface area (Å²) in [5.74, 6) is -1.30. The molecule has 1 N–H and O–H groups in total. The number of aliphatic carboxylic acids is 1. The fourth-order valence-corrected chi connectivity index (χ4v) is 1.77. The van der Waals surface area contributed by atoms with E-state index in [1.807, 2.05) is 0 Å². The molecule has 2 amide bonds. The summed E-state index contributed by atoms with van der Waals surface area (Å²) < 4.78 is 21.9. The molecule has 0 aromatic heterocycles. The first kappa shape index (κ1) is 16.4. The lowest BCUT2D eigenvalue weighted by Crippen LogP contribution is -2.45. The lowest BCUT2D eigenvalue weighted by atomic mass is 10.4. The molecule has 0 unspecified atom stereocenters. The zero-order chi connectivity index (χ0) is 14.3. The van der Waals surface area contributed by atoms with E-state index in [1.54, 1.807) is 0 Å². The molecule has 0 spiro atoms.